The summed E-state index contributed by atoms with van der Waals surface area (Å²) in [6, 6.07) is 0. The largest absolute Gasteiger partial charge is 0.346 e. The fraction of sp³-hybridized carbons (Fsp3) is 0.900. The van der Waals surface area contributed by atoms with Crippen LogP contribution in [0.5, 0.6) is 0 Å². The van der Waals surface area contributed by atoms with E-state index in [0.717, 1.165) is 19.4 Å². The van der Waals surface area contributed by atoms with Gasteiger partial charge in [-0.25, -0.2) is 0 Å². The first kappa shape index (κ1) is 11.5. The second kappa shape index (κ2) is 6.04. The Labute approximate surface area is 75.9 Å². The number of amides is 1. The van der Waals surface area contributed by atoms with E-state index in [9.17, 15) is 4.79 Å². The smallest absolute Gasteiger partial charge is 0.222 e. The van der Waals surface area contributed by atoms with Gasteiger partial charge in [0.05, 0.1) is 0 Å². The number of unbranched alkanes of at least 4 members (excludes halogenated alkanes) is 1. The third-order valence-corrected chi connectivity index (χ3v) is 1.81. The van der Waals surface area contributed by atoms with Crippen molar-refractivity contribution in [2.24, 2.45) is 5.92 Å². The molecule has 0 rings (SSSR count). The highest BCUT2D eigenvalue weighted by atomic mass is 16.2. The SMILES string of the molecule is CCCCC(=O)N(C)CC(C)C. The Balaban J connectivity index is 3.61. The van der Waals surface area contributed by atoms with E-state index in [1.807, 2.05) is 11.9 Å². The second-order valence-electron chi connectivity index (χ2n) is 3.77. The molecule has 0 saturated heterocycles. The third kappa shape index (κ3) is 5.16. The summed E-state index contributed by atoms with van der Waals surface area (Å²) in [7, 11) is 1.89. The Bertz CT molecular complexity index is 132. The van der Waals surface area contributed by atoms with Crippen molar-refractivity contribution in [3.63, 3.8) is 0 Å². The predicted molar refractivity (Wildman–Crippen MR) is 52.0 cm³/mol. The molecule has 0 fully saturated rings. The maximum atomic E-state index is 11.4. The van der Waals surface area contributed by atoms with Crippen LogP contribution < -0.4 is 0 Å². The number of rotatable bonds is 5. The summed E-state index contributed by atoms with van der Waals surface area (Å²) in [6.45, 7) is 7.24. The van der Waals surface area contributed by atoms with Crippen molar-refractivity contribution in [2.45, 2.75) is 40.0 Å². The van der Waals surface area contributed by atoms with Gasteiger partial charge >= 0.3 is 0 Å². The minimum atomic E-state index is 0.283. The minimum absolute atomic E-state index is 0.283. The molecule has 0 aliphatic heterocycles. The number of hydrogen-bond donors (Lipinski definition) is 0. The Morgan fingerprint density at radius 2 is 2.00 bits per heavy atom. The first-order chi connectivity index (χ1) is 5.57. The highest BCUT2D eigenvalue weighted by Gasteiger charge is 2.08. The molecule has 72 valence electrons. The summed E-state index contributed by atoms with van der Waals surface area (Å²) in [4.78, 5) is 13.2. The standard InChI is InChI=1S/C10H21NO/c1-5-6-7-10(12)11(4)8-9(2)3/h9H,5-8H2,1-4H3. The molecule has 0 N–H and O–H groups in total. The lowest BCUT2D eigenvalue weighted by Crippen LogP contribution is -2.29. The van der Waals surface area contributed by atoms with Gasteiger partial charge in [-0.15, -0.1) is 0 Å². The first-order valence-electron chi connectivity index (χ1n) is 4.81. The number of nitrogens with zero attached hydrogens (tertiary/aromatic N) is 1. The van der Waals surface area contributed by atoms with Crippen LogP contribution >= 0.6 is 0 Å². The quantitative estimate of drug-likeness (QED) is 0.621. The van der Waals surface area contributed by atoms with Crippen molar-refractivity contribution in [1.82, 2.24) is 4.90 Å². The number of hydrogen-bond acceptors (Lipinski definition) is 1. The van der Waals surface area contributed by atoms with E-state index in [2.05, 4.69) is 20.8 Å². The van der Waals surface area contributed by atoms with Gasteiger partial charge in [-0.1, -0.05) is 27.2 Å². The van der Waals surface area contributed by atoms with E-state index in [-0.39, 0.29) is 5.91 Å². The third-order valence-electron chi connectivity index (χ3n) is 1.81. The molecule has 0 aliphatic rings. The molecule has 0 saturated carbocycles. The van der Waals surface area contributed by atoms with Gasteiger partial charge in [0, 0.05) is 20.0 Å². The summed E-state index contributed by atoms with van der Waals surface area (Å²) in [6.07, 6.45) is 2.82. The molecular weight excluding hydrogens is 150 g/mol. The molecule has 0 aromatic heterocycles. The molecule has 0 radical (unpaired) electrons. The van der Waals surface area contributed by atoms with Crippen LogP contribution in [-0.4, -0.2) is 24.4 Å². The van der Waals surface area contributed by atoms with Crippen molar-refractivity contribution in [1.29, 1.82) is 0 Å². The van der Waals surface area contributed by atoms with E-state index in [1.165, 1.54) is 0 Å². The lowest BCUT2D eigenvalue weighted by Gasteiger charge is -2.19. The molecule has 12 heavy (non-hydrogen) atoms. The van der Waals surface area contributed by atoms with Crippen LogP contribution in [0.3, 0.4) is 0 Å². The van der Waals surface area contributed by atoms with Gasteiger partial charge < -0.3 is 4.90 Å². The van der Waals surface area contributed by atoms with Crippen molar-refractivity contribution >= 4 is 5.91 Å². The lowest BCUT2D eigenvalue weighted by molar-refractivity contribution is -0.130. The zero-order valence-electron chi connectivity index (χ0n) is 8.76. The van der Waals surface area contributed by atoms with Crippen molar-refractivity contribution in [2.75, 3.05) is 13.6 Å². The average molecular weight is 171 g/mol. The molecule has 0 spiro atoms. The summed E-state index contributed by atoms with van der Waals surface area (Å²) in [5.74, 6) is 0.853. The van der Waals surface area contributed by atoms with Crippen molar-refractivity contribution in [3.05, 3.63) is 0 Å². The van der Waals surface area contributed by atoms with Crippen LogP contribution in [0.25, 0.3) is 0 Å². The molecule has 0 atom stereocenters. The van der Waals surface area contributed by atoms with E-state index in [0.29, 0.717) is 12.3 Å². The molecule has 0 aromatic rings. The van der Waals surface area contributed by atoms with Crippen molar-refractivity contribution < 1.29 is 4.79 Å². The van der Waals surface area contributed by atoms with Gasteiger partial charge in [-0.3, -0.25) is 4.79 Å². The number of carbonyl (C=O) groups excluding carboxylic acids is 1. The van der Waals surface area contributed by atoms with Crippen LogP contribution in [-0.2, 0) is 4.79 Å². The van der Waals surface area contributed by atoms with Crippen LogP contribution in [0.2, 0.25) is 0 Å². The molecule has 0 aliphatic carbocycles. The van der Waals surface area contributed by atoms with E-state index in [1.54, 1.807) is 0 Å². The van der Waals surface area contributed by atoms with E-state index < -0.39 is 0 Å². The molecule has 1 amide bonds. The maximum absolute atomic E-state index is 11.4. The zero-order valence-corrected chi connectivity index (χ0v) is 8.76. The predicted octanol–water partition coefficient (Wildman–Crippen LogP) is 2.29. The molecule has 2 heteroatoms. The topological polar surface area (TPSA) is 20.3 Å². The summed E-state index contributed by atoms with van der Waals surface area (Å²) >= 11 is 0. The fourth-order valence-corrected chi connectivity index (χ4v) is 1.17. The Morgan fingerprint density at radius 1 is 1.42 bits per heavy atom. The van der Waals surface area contributed by atoms with Gasteiger partial charge in [-0.05, 0) is 12.3 Å². The maximum Gasteiger partial charge on any atom is 0.222 e. The highest BCUT2D eigenvalue weighted by molar-refractivity contribution is 5.75. The average Bonchev–Trinajstić information content (AvgIpc) is 1.98. The zero-order chi connectivity index (χ0) is 9.56. The van der Waals surface area contributed by atoms with Gasteiger partial charge in [0.15, 0.2) is 0 Å². The Hall–Kier alpha value is -0.530. The van der Waals surface area contributed by atoms with E-state index in [4.69, 9.17) is 0 Å². The van der Waals surface area contributed by atoms with Gasteiger partial charge in [-0.2, -0.15) is 0 Å². The highest BCUT2D eigenvalue weighted by Crippen LogP contribution is 2.01. The molecule has 0 unspecified atom stereocenters. The van der Waals surface area contributed by atoms with Gasteiger partial charge in [0.1, 0.15) is 0 Å². The minimum Gasteiger partial charge on any atom is -0.346 e. The Kier molecular flexibility index (Phi) is 5.77. The molecule has 0 aromatic carbocycles. The van der Waals surface area contributed by atoms with Gasteiger partial charge in [0.25, 0.3) is 0 Å². The van der Waals surface area contributed by atoms with E-state index >= 15 is 0 Å². The number of carbonyl (C=O) groups is 1. The Morgan fingerprint density at radius 3 is 2.42 bits per heavy atom. The molecule has 0 bridgehead atoms. The monoisotopic (exact) mass is 171 g/mol. The van der Waals surface area contributed by atoms with Crippen LogP contribution in [0.1, 0.15) is 40.0 Å². The van der Waals surface area contributed by atoms with Crippen LogP contribution in [0.15, 0.2) is 0 Å². The van der Waals surface area contributed by atoms with Gasteiger partial charge in [0.2, 0.25) is 5.91 Å². The molecule has 0 heterocycles. The molecular formula is C10H21NO. The van der Waals surface area contributed by atoms with Crippen molar-refractivity contribution in [3.8, 4) is 0 Å². The fourth-order valence-electron chi connectivity index (χ4n) is 1.17. The summed E-state index contributed by atoms with van der Waals surface area (Å²) in [5, 5.41) is 0. The summed E-state index contributed by atoms with van der Waals surface area (Å²) in [5.41, 5.74) is 0. The van der Waals surface area contributed by atoms with Crippen LogP contribution in [0, 0.1) is 5.92 Å². The molecule has 2 nitrogen and oxygen atoms in total. The van der Waals surface area contributed by atoms with Crippen LogP contribution in [0.4, 0.5) is 0 Å². The summed E-state index contributed by atoms with van der Waals surface area (Å²) < 4.78 is 0. The second-order valence-corrected chi connectivity index (χ2v) is 3.77. The first-order valence-corrected chi connectivity index (χ1v) is 4.81. The normalized spacial score (nSPS) is 10.4. The lowest BCUT2D eigenvalue weighted by atomic mass is 10.2.